The monoisotopic (exact) mass is 796 g/mol. The average Bonchev–Trinajstić information content (AvgIpc) is 3.90. The van der Waals surface area contributed by atoms with E-state index in [0.717, 1.165) is 42.8 Å². The van der Waals surface area contributed by atoms with Gasteiger partial charge in [0, 0.05) is 36.0 Å². The number of nitrogens with one attached hydrogen (secondary N) is 1. The van der Waals surface area contributed by atoms with Crippen LogP contribution >= 0.6 is 34.7 Å². The van der Waals surface area contributed by atoms with Gasteiger partial charge in [-0.3, -0.25) is 29.6 Å². The van der Waals surface area contributed by atoms with E-state index < -0.39 is 46.1 Å². The van der Waals surface area contributed by atoms with Gasteiger partial charge in [-0.05, 0) is 26.0 Å². The fourth-order valence-electron chi connectivity index (χ4n) is 6.42. The van der Waals surface area contributed by atoms with Crippen molar-refractivity contribution in [1.82, 2.24) is 35.8 Å². The quantitative estimate of drug-likeness (QED) is 0.0319. The predicted octanol–water partition coefficient (Wildman–Crippen LogP) is -2.87. The molecule has 0 spiro atoms. The van der Waals surface area contributed by atoms with E-state index in [2.05, 4.69) is 36.1 Å². The second kappa shape index (κ2) is 16.3. The van der Waals surface area contributed by atoms with E-state index >= 15 is 0 Å². The van der Waals surface area contributed by atoms with Crippen molar-refractivity contribution in [2.45, 2.75) is 44.1 Å². The van der Waals surface area contributed by atoms with Crippen LogP contribution in [-0.4, -0.2) is 119 Å². The molecular formula is C31H34ClN10NaO8S2. The number of hydrogen-bond donors (Lipinski definition) is 4. The van der Waals surface area contributed by atoms with E-state index in [1.54, 1.807) is 4.90 Å². The Morgan fingerprint density at radius 3 is 2.64 bits per heavy atom. The second-order valence-corrected chi connectivity index (χ2v) is 15.5. The van der Waals surface area contributed by atoms with Crippen LogP contribution in [0.4, 0.5) is 5.13 Å². The number of nitrogen functional groups attached to an aromatic ring is 1. The summed E-state index contributed by atoms with van der Waals surface area (Å²) in [6.07, 6.45) is 1.66. The Labute approximate surface area is 338 Å². The summed E-state index contributed by atoms with van der Waals surface area (Å²) < 4.78 is 0.614. The molecule has 2 aromatic heterocycles. The number of anilines is 1. The van der Waals surface area contributed by atoms with E-state index in [9.17, 15) is 34.5 Å². The van der Waals surface area contributed by atoms with Gasteiger partial charge in [0.2, 0.25) is 5.91 Å². The number of Topliss-reactive ketones (excluding diaryl/α,β-unsaturated/α-hetero) is 1. The summed E-state index contributed by atoms with van der Waals surface area (Å²) in [5.74, 6) is -4.04. The largest absolute Gasteiger partial charge is 1.00 e. The third kappa shape index (κ3) is 8.32. The molecule has 5 N–H and O–H groups in total. The topological polar surface area (TPSA) is 260 Å². The number of nitrogens with two attached hydrogens (primary N) is 1. The van der Waals surface area contributed by atoms with Gasteiger partial charge >= 0.3 is 29.6 Å². The number of oxime groups is 1. The molecule has 2 amide bonds. The zero-order chi connectivity index (χ0) is 37.4. The number of ketones is 1. The van der Waals surface area contributed by atoms with Crippen LogP contribution in [-0.2, 0) is 19.2 Å². The van der Waals surface area contributed by atoms with Crippen molar-refractivity contribution in [3.63, 3.8) is 0 Å². The molecule has 5 heterocycles. The molecule has 3 aliphatic rings. The van der Waals surface area contributed by atoms with E-state index in [1.807, 2.05) is 0 Å². The van der Waals surface area contributed by atoms with Gasteiger partial charge in [0.05, 0.1) is 65.5 Å². The van der Waals surface area contributed by atoms with E-state index in [4.69, 9.17) is 22.2 Å². The number of rotatable bonds is 14. The molecule has 0 bridgehead atoms. The van der Waals surface area contributed by atoms with Crippen LogP contribution < -0.4 is 50.8 Å². The van der Waals surface area contributed by atoms with Crippen LogP contribution in [0.2, 0.25) is 5.02 Å². The number of aromatic hydroxyl groups is 2. The molecule has 2 atom stereocenters. The third-order valence-corrected chi connectivity index (χ3v) is 11.7. The number of fused-ring (bicyclic) bond motifs is 1. The SMILES string of the molecule is CC(C)(O/N=C(\C(=O)C[C@@H]1C(=O)N2C(c3nnn[n-]3)=C(C[N+]3(CCNC(=O)c4ccc(O)c(O)c4Cl)CCCC3)CS[C@H]12)c1csc(N)n1)C(=O)[O-].[Na+]. The first-order valence-electron chi connectivity index (χ1n) is 16.1. The van der Waals surface area contributed by atoms with Gasteiger partial charge in [0.15, 0.2) is 33.7 Å². The average molecular weight is 797 g/mol. The number of carbonyl (C=O) groups excluding carboxylic acids is 4. The minimum absolute atomic E-state index is 0. The normalized spacial score (nSPS) is 19.6. The Hall–Kier alpha value is -3.79. The summed E-state index contributed by atoms with van der Waals surface area (Å²) >= 11 is 8.64. The number of amides is 2. The van der Waals surface area contributed by atoms with E-state index in [1.165, 1.54) is 43.1 Å². The van der Waals surface area contributed by atoms with Crippen molar-refractivity contribution < 1.29 is 73.4 Å². The van der Waals surface area contributed by atoms with E-state index in [-0.39, 0.29) is 81.4 Å². The Kier molecular flexibility index (Phi) is 12.4. The maximum Gasteiger partial charge on any atom is 1.00 e. The molecule has 276 valence electrons. The smallest absolute Gasteiger partial charge is 0.546 e. The zero-order valence-electron chi connectivity index (χ0n) is 28.9. The first kappa shape index (κ1) is 40.4. The minimum Gasteiger partial charge on any atom is -0.546 e. The standard InChI is InChI=1S/C31H35ClN10O8S2.Na/c1-31(2,29(48)49)50-38-22(18-14-52-30(33)35-18)20(44)11-17-27(47)41-23(25-36-39-40-37-25)15(13-51-28(17)41)12-42(8-3-4-9-42)10-7-34-26(46)16-5-6-19(43)24(45)21(16)32;/h5-6,14,17,28H,3-4,7-13H2,1-2H3,(H6-,33,34,35,36,37,38,39,40,43,44,45,46,48,49);/q;+1/p-1/t17-,28-;/m1./s1. The fraction of sp³-hybridized carbons (Fsp3) is 0.452. The second-order valence-electron chi connectivity index (χ2n) is 13.1. The van der Waals surface area contributed by atoms with Gasteiger partial charge in [-0.1, -0.05) is 16.8 Å². The summed E-state index contributed by atoms with van der Waals surface area (Å²) in [7, 11) is 0. The van der Waals surface area contributed by atoms with Crippen LogP contribution in [0.1, 0.15) is 55.0 Å². The Bertz CT molecular complexity index is 1970. The van der Waals surface area contributed by atoms with Gasteiger partial charge in [-0.15, -0.1) is 23.1 Å². The number of nitrogens with zero attached hydrogens (tertiary/aromatic N) is 8. The molecule has 2 fully saturated rings. The molecule has 22 heteroatoms. The Morgan fingerprint density at radius 2 is 2.00 bits per heavy atom. The number of carbonyl (C=O) groups is 4. The Morgan fingerprint density at radius 1 is 1.26 bits per heavy atom. The number of benzene rings is 1. The number of β-lactam (4-membered cyclic amide) rings is 1. The Balaban J connectivity index is 0.00000541. The number of quaternary nitrogens is 1. The molecule has 18 nitrogen and oxygen atoms in total. The molecule has 0 unspecified atom stereocenters. The van der Waals surface area contributed by atoms with Crippen molar-refractivity contribution in [3.05, 3.63) is 45.2 Å². The molecule has 6 rings (SSSR count). The summed E-state index contributed by atoms with van der Waals surface area (Å²) in [6.45, 7) is 5.47. The third-order valence-electron chi connectivity index (χ3n) is 9.23. The maximum atomic E-state index is 13.9. The summed E-state index contributed by atoms with van der Waals surface area (Å²) in [5, 5.41) is 54.2. The number of aliphatic carboxylic acids is 1. The minimum atomic E-state index is -1.85. The van der Waals surface area contributed by atoms with Gasteiger partial charge in [-0.2, -0.15) is 5.21 Å². The number of tetrazole rings is 1. The first-order chi connectivity index (χ1) is 24.7. The van der Waals surface area contributed by atoms with Crippen LogP contribution in [0.3, 0.4) is 0 Å². The summed E-state index contributed by atoms with van der Waals surface area (Å²) in [4.78, 5) is 62.8. The number of thioether (sulfide) groups is 1. The number of phenols is 2. The van der Waals surface area contributed by atoms with Crippen molar-refractivity contribution in [3.8, 4) is 11.5 Å². The van der Waals surface area contributed by atoms with Gasteiger partial charge in [-0.25, -0.2) is 4.98 Å². The fourth-order valence-corrected chi connectivity index (χ4v) is 8.62. The number of carboxylic acids is 1. The number of thiazole rings is 1. The molecule has 0 aliphatic carbocycles. The van der Waals surface area contributed by atoms with Gasteiger partial charge in [0.25, 0.3) is 5.91 Å². The van der Waals surface area contributed by atoms with Crippen molar-refractivity contribution in [2.75, 3.05) is 44.2 Å². The van der Waals surface area contributed by atoms with Crippen molar-refractivity contribution in [1.29, 1.82) is 0 Å². The van der Waals surface area contributed by atoms with Crippen molar-refractivity contribution >= 4 is 74.8 Å². The summed E-state index contributed by atoms with van der Waals surface area (Å²) in [6, 6.07) is 2.53. The van der Waals surface area contributed by atoms with Gasteiger partial charge in [0.1, 0.15) is 12.2 Å². The van der Waals surface area contributed by atoms with Crippen LogP contribution in [0.25, 0.3) is 5.70 Å². The molecule has 0 saturated carbocycles. The predicted molar refractivity (Wildman–Crippen MR) is 186 cm³/mol. The molecule has 1 aromatic carbocycles. The molecule has 3 aliphatic heterocycles. The number of hydrogen-bond acceptors (Lipinski definition) is 16. The maximum absolute atomic E-state index is 13.9. The molecule has 2 saturated heterocycles. The van der Waals surface area contributed by atoms with Crippen LogP contribution in [0.15, 0.2) is 28.2 Å². The molecule has 3 aromatic rings. The number of likely N-dealkylation sites (tertiary alicyclic amines) is 1. The van der Waals surface area contributed by atoms with Gasteiger partial charge < -0.3 is 45.6 Å². The number of halogens is 1. The number of phenolic OH excluding ortho intramolecular Hbond substituents is 2. The molecular weight excluding hydrogens is 763 g/mol. The number of aromatic nitrogens is 5. The molecule has 0 radical (unpaired) electrons. The number of carboxylic acid groups (broad SMARTS) is 1. The zero-order valence-corrected chi connectivity index (χ0v) is 33.3. The van der Waals surface area contributed by atoms with Crippen molar-refractivity contribution in [2.24, 2.45) is 11.1 Å². The van der Waals surface area contributed by atoms with E-state index in [0.29, 0.717) is 29.0 Å². The van der Waals surface area contributed by atoms with Crippen LogP contribution in [0, 0.1) is 5.92 Å². The van der Waals surface area contributed by atoms with Crippen LogP contribution in [0.5, 0.6) is 11.5 Å². The first-order valence-corrected chi connectivity index (χ1v) is 18.4. The molecule has 53 heavy (non-hydrogen) atoms. The summed E-state index contributed by atoms with van der Waals surface area (Å²) in [5.41, 5.74) is 5.17.